The van der Waals surface area contributed by atoms with Crippen molar-refractivity contribution < 1.29 is 13.9 Å². The zero-order valence-electron chi connectivity index (χ0n) is 18.6. The molecular weight excluding hydrogens is 516 g/mol. The van der Waals surface area contributed by atoms with E-state index in [9.17, 15) is 9.18 Å². The van der Waals surface area contributed by atoms with E-state index in [2.05, 4.69) is 21.0 Å². The quantitative estimate of drug-likeness (QED) is 0.260. The summed E-state index contributed by atoms with van der Waals surface area (Å²) in [7, 11) is 0. The minimum atomic E-state index is -1.63. The van der Waals surface area contributed by atoms with Crippen molar-refractivity contribution in [2.75, 3.05) is 11.9 Å². The fourth-order valence-electron chi connectivity index (χ4n) is 3.64. The molecule has 0 aliphatic rings. The SMILES string of the molecule is C[As](Cc1cccc(F)c1Cl)C(COC(=O)Nc1cc2ccccc2cn1)Cc1ccccn1. The van der Waals surface area contributed by atoms with Crippen LogP contribution in [0.15, 0.2) is 79.1 Å². The molecule has 0 saturated carbocycles. The number of amides is 1. The number of carbonyl (C=O) groups is 1. The molecule has 5 nitrogen and oxygen atoms in total. The fourth-order valence-corrected chi connectivity index (χ4v) is 7.99. The number of hydrogen-bond acceptors (Lipinski definition) is 4. The van der Waals surface area contributed by atoms with Crippen LogP contribution in [0.1, 0.15) is 11.3 Å². The zero-order chi connectivity index (χ0) is 23.9. The maximum atomic E-state index is 13.9. The number of nitrogens with one attached hydrogen (secondary N) is 1. The van der Waals surface area contributed by atoms with Crippen molar-refractivity contribution in [2.45, 2.75) is 22.0 Å². The number of ether oxygens (including phenoxy) is 1. The molecule has 34 heavy (non-hydrogen) atoms. The molecule has 0 radical (unpaired) electrons. The summed E-state index contributed by atoms with van der Waals surface area (Å²) >= 11 is 4.56. The molecule has 174 valence electrons. The molecule has 2 atom stereocenters. The number of aromatic nitrogens is 2. The van der Waals surface area contributed by atoms with Crippen LogP contribution >= 0.6 is 11.6 Å². The number of halogens is 2. The van der Waals surface area contributed by atoms with Crippen LogP contribution in [0, 0.1) is 5.82 Å². The van der Waals surface area contributed by atoms with Crippen molar-refractivity contribution in [3.05, 3.63) is 101 Å². The van der Waals surface area contributed by atoms with Crippen molar-refractivity contribution in [3.63, 3.8) is 0 Å². The second-order valence-corrected chi connectivity index (χ2v) is 13.7. The van der Waals surface area contributed by atoms with Crippen LogP contribution in [0.5, 0.6) is 0 Å². The van der Waals surface area contributed by atoms with E-state index in [0.717, 1.165) is 22.0 Å². The van der Waals surface area contributed by atoms with Gasteiger partial charge in [0.1, 0.15) is 0 Å². The van der Waals surface area contributed by atoms with Gasteiger partial charge in [0.05, 0.1) is 0 Å². The Morgan fingerprint density at radius 1 is 1.09 bits per heavy atom. The van der Waals surface area contributed by atoms with Crippen LogP contribution in [0.25, 0.3) is 10.8 Å². The van der Waals surface area contributed by atoms with Crippen molar-refractivity contribution in [1.29, 1.82) is 0 Å². The van der Waals surface area contributed by atoms with Crippen LogP contribution in [-0.2, 0) is 16.4 Å². The standard InChI is InChI=1S/C26H24AsClFN3O2/c1-27(15-19-9-6-11-23(29)25(19)28)21(14-22-10-4-5-12-30-22)17-34-26(33)32-24-13-18-7-2-3-8-20(18)16-31-24/h2-13,16,21H,14-15,17H2,1H3,(H,31,32,33). The van der Waals surface area contributed by atoms with Crippen LogP contribution in [0.4, 0.5) is 15.0 Å². The van der Waals surface area contributed by atoms with Crippen molar-refractivity contribution in [3.8, 4) is 0 Å². The third-order valence-corrected chi connectivity index (χ3v) is 11.0. The Morgan fingerprint density at radius 2 is 1.88 bits per heavy atom. The molecule has 0 fully saturated rings. The van der Waals surface area contributed by atoms with Gasteiger partial charge >= 0.3 is 208 Å². The maximum absolute atomic E-state index is 13.9. The van der Waals surface area contributed by atoms with E-state index >= 15 is 0 Å². The summed E-state index contributed by atoms with van der Waals surface area (Å²) in [5.41, 5.74) is 3.91. The summed E-state index contributed by atoms with van der Waals surface area (Å²) in [6.07, 6.45) is 3.58. The Hall–Kier alpha value is -2.95. The van der Waals surface area contributed by atoms with Crippen LogP contribution in [-0.4, -0.2) is 37.3 Å². The van der Waals surface area contributed by atoms with E-state index in [1.807, 2.05) is 54.6 Å². The molecule has 0 aliphatic heterocycles. The fraction of sp³-hybridized carbons (Fsp3) is 0.192. The Bertz CT molecular complexity index is 1280. The summed E-state index contributed by atoms with van der Waals surface area (Å²) in [6, 6.07) is 20.3. The number of benzene rings is 2. The summed E-state index contributed by atoms with van der Waals surface area (Å²) in [5.74, 6) is 0.0174. The first-order valence-electron chi connectivity index (χ1n) is 10.8. The number of nitrogens with zero attached hydrogens (tertiary/aromatic N) is 2. The Kier molecular flexibility index (Phi) is 8.15. The molecule has 4 rings (SSSR count). The Morgan fingerprint density at radius 3 is 2.68 bits per heavy atom. The first-order chi connectivity index (χ1) is 16.5. The normalized spacial score (nSPS) is 12.8. The summed E-state index contributed by atoms with van der Waals surface area (Å²) < 4.78 is 19.6. The third kappa shape index (κ3) is 6.34. The first-order valence-corrected chi connectivity index (χ1v) is 15.5. The number of carbonyl (C=O) groups excluding carboxylic acids is 1. The van der Waals surface area contributed by atoms with Gasteiger partial charge < -0.3 is 0 Å². The first kappa shape index (κ1) is 24.2. The molecule has 2 aromatic heterocycles. The van der Waals surface area contributed by atoms with Crippen molar-refractivity contribution >= 4 is 48.9 Å². The molecule has 0 saturated heterocycles. The van der Waals surface area contributed by atoms with Crippen LogP contribution < -0.4 is 5.32 Å². The molecule has 0 aliphatic carbocycles. The topological polar surface area (TPSA) is 64.1 Å². The second-order valence-electron chi connectivity index (χ2n) is 7.95. The molecule has 2 unspecified atom stereocenters. The van der Waals surface area contributed by atoms with E-state index in [1.165, 1.54) is 6.07 Å². The summed E-state index contributed by atoms with van der Waals surface area (Å²) in [6.45, 7) is 0.236. The predicted octanol–water partition coefficient (Wildman–Crippen LogP) is 6.49. The molecule has 2 heterocycles. The van der Waals surface area contributed by atoms with Gasteiger partial charge in [-0.15, -0.1) is 0 Å². The van der Waals surface area contributed by atoms with Crippen LogP contribution in [0.3, 0.4) is 0 Å². The van der Waals surface area contributed by atoms with Crippen LogP contribution in [0.2, 0.25) is 15.4 Å². The van der Waals surface area contributed by atoms with Gasteiger partial charge in [0.25, 0.3) is 0 Å². The van der Waals surface area contributed by atoms with Gasteiger partial charge in [0.15, 0.2) is 0 Å². The van der Waals surface area contributed by atoms with E-state index in [1.54, 1.807) is 18.5 Å². The molecule has 0 spiro atoms. The van der Waals surface area contributed by atoms with Crippen molar-refractivity contribution in [2.24, 2.45) is 0 Å². The van der Waals surface area contributed by atoms with E-state index in [0.29, 0.717) is 17.4 Å². The zero-order valence-corrected chi connectivity index (χ0v) is 21.3. The van der Waals surface area contributed by atoms with E-state index in [4.69, 9.17) is 16.3 Å². The van der Waals surface area contributed by atoms with E-state index in [-0.39, 0.29) is 16.3 Å². The Balaban J connectivity index is 1.43. The van der Waals surface area contributed by atoms with Gasteiger partial charge in [-0.05, 0) is 0 Å². The third-order valence-electron chi connectivity index (χ3n) is 5.51. The number of pyridine rings is 2. The van der Waals surface area contributed by atoms with Gasteiger partial charge in [-0.1, -0.05) is 0 Å². The monoisotopic (exact) mass is 539 g/mol. The predicted molar refractivity (Wildman–Crippen MR) is 135 cm³/mol. The molecule has 0 bridgehead atoms. The molecule has 8 heteroatoms. The molecular formula is C26H24AsClFN3O2. The van der Waals surface area contributed by atoms with Gasteiger partial charge in [-0.25, -0.2) is 0 Å². The summed E-state index contributed by atoms with van der Waals surface area (Å²) in [4.78, 5) is 21.3. The number of rotatable bonds is 8. The average Bonchev–Trinajstić information content (AvgIpc) is 2.85. The second kappa shape index (κ2) is 11.5. The molecule has 1 amide bonds. The van der Waals surface area contributed by atoms with Gasteiger partial charge in [-0.2, -0.15) is 0 Å². The minimum absolute atomic E-state index is 0.0945. The Labute approximate surface area is 207 Å². The van der Waals surface area contributed by atoms with Gasteiger partial charge in [0, 0.05) is 0 Å². The number of anilines is 1. The van der Waals surface area contributed by atoms with Gasteiger partial charge in [0.2, 0.25) is 0 Å². The molecule has 1 N–H and O–H groups in total. The van der Waals surface area contributed by atoms with E-state index < -0.39 is 26.6 Å². The number of hydrogen-bond donors (Lipinski definition) is 1. The summed E-state index contributed by atoms with van der Waals surface area (Å²) in [5, 5.41) is 5.55. The molecule has 4 aromatic rings. The molecule has 2 aromatic carbocycles. The number of fused-ring (bicyclic) bond motifs is 1. The van der Waals surface area contributed by atoms with Gasteiger partial charge in [-0.3, -0.25) is 0 Å². The van der Waals surface area contributed by atoms with Crippen molar-refractivity contribution in [1.82, 2.24) is 9.97 Å². The average molecular weight is 540 g/mol.